The van der Waals surface area contributed by atoms with Crippen molar-refractivity contribution in [2.24, 2.45) is 0 Å². The third-order valence-corrected chi connectivity index (χ3v) is 2.95. The molecule has 2 N–H and O–H groups in total. The van der Waals surface area contributed by atoms with Crippen LogP contribution in [0.3, 0.4) is 0 Å². The van der Waals surface area contributed by atoms with Gasteiger partial charge in [-0.05, 0) is 33.2 Å². The van der Waals surface area contributed by atoms with Crippen molar-refractivity contribution in [2.75, 3.05) is 19.7 Å². The highest BCUT2D eigenvalue weighted by molar-refractivity contribution is 5.62. The summed E-state index contributed by atoms with van der Waals surface area (Å²) in [6.45, 7) is 4.58. The average molecular weight is 201 g/mol. The minimum Gasteiger partial charge on any atom is -0.393 e. The van der Waals surface area contributed by atoms with E-state index in [4.69, 9.17) is 5.11 Å². The highest BCUT2D eigenvalue weighted by Gasteiger charge is 2.38. The van der Waals surface area contributed by atoms with Crippen molar-refractivity contribution in [3.05, 3.63) is 0 Å². The Bertz CT molecular complexity index is 217. The Kier molecular flexibility index (Phi) is 3.29. The molecule has 0 saturated carbocycles. The third kappa shape index (κ3) is 2.32. The van der Waals surface area contributed by atoms with Crippen molar-refractivity contribution in [3.8, 4) is 0 Å². The van der Waals surface area contributed by atoms with Crippen LogP contribution in [0.2, 0.25) is 0 Å². The quantitative estimate of drug-likeness (QED) is 0.620. The Morgan fingerprint density at radius 3 is 2.71 bits per heavy atom. The molecule has 0 aromatic carbocycles. The second-order valence-electron chi connectivity index (χ2n) is 4.68. The number of piperidine rings is 1. The number of aliphatic hydroxyl groups is 2. The lowest BCUT2D eigenvalue weighted by Gasteiger charge is -2.43. The summed E-state index contributed by atoms with van der Waals surface area (Å²) in [5.41, 5.74) is -1.58. The molecule has 1 aliphatic heterocycles. The second-order valence-corrected chi connectivity index (χ2v) is 4.68. The Hall–Kier alpha value is -0.450. The molecule has 0 aromatic heterocycles. The van der Waals surface area contributed by atoms with Crippen molar-refractivity contribution in [1.82, 2.24) is 4.90 Å². The summed E-state index contributed by atoms with van der Waals surface area (Å²) in [6.07, 6.45) is 2.30. The lowest BCUT2D eigenvalue weighted by atomic mass is 9.90. The van der Waals surface area contributed by atoms with E-state index >= 15 is 0 Å². The van der Waals surface area contributed by atoms with E-state index in [2.05, 4.69) is 0 Å². The number of carbonyl (C=O) groups excluding carboxylic acids is 1. The zero-order valence-electron chi connectivity index (χ0n) is 8.86. The van der Waals surface area contributed by atoms with E-state index in [0.717, 1.165) is 19.3 Å². The van der Waals surface area contributed by atoms with Gasteiger partial charge >= 0.3 is 0 Å². The van der Waals surface area contributed by atoms with Crippen molar-refractivity contribution in [1.29, 1.82) is 0 Å². The molecule has 0 aliphatic carbocycles. The van der Waals surface area contributed by atoms with Gasteiger partial charge in [0.15, 0.2) is 0 Å². The minimum absolute atomic E-state index is 0.238. The molecule has 82 valence electrons. The zero-order valence-corrected chi connectivity index (χ0v) is 8.86. The van der Waals surface area contributed by atoms with Crippen LogP contribution in [0.5, 0.6) is 0 Å². The molecule has 4 heteroatoms. The SMILES string of the molecule is CC(C)(C=O)N1CCCC(O)(CO)C1. The van der Waals surface area contributed by atoms with Gasteiger partial charge < -0.3 is 15.0 Å². The fourth-order valence-corrected chi connectivity index (χ4v) is 1.81. The third-order valence-electron chi connectivity index (χ3n) is 2.95. The highest BCUT2D eigenvalue weighted by atomic mass is 16.3. The lowest BCUT2D eigenvalue weighted by Crippen LogP contribution is -2.57. The normalized spacial score (nSPS) is 30.3. The van der Waals surface area contributed by atoms with Crippen LogP contribution in [0, 0.1) is 0 Å². The van der Waals surface area contributed by atoms with Crippen LogP contribution in [-0.4, -0.2) is 52.2 Å². The maximum absolute atomic E-state index is 10.8. The summed E-state index contributed by atoms with van der Waals surface area (Å²) in [5, 5.41) is 18.9. The van der Waals surface area contributed by atoms with Gasteiger partial charge in [-0.1, -0.05) is 0 Å². The number of hydrogen-bond acceptors (Lipinski definition) is 4. The molecule has 1 heterocycles. The van der Waals surface area contributed by atoms with E-state index in [1.54, 1.807) is 0 Å². The minimum atomic E-state index is -1.03. The van der Waals surface area contributed by atoms with Crippen LogP contribution in [0.15, 0.2) is 0 Å². The van der Waals surface area contributed by atoms with Crippen LogP contribution in [0.4, 0.5) is 0 Å². The topological polar surface area (TPSA) is 60.8 Å². The number of likely N-dealkylation sites (tertiary alicyclic amines) is 1. The number of hydrogen-bond donors (Lipinski definition) is 2. The van der Waals surface area contributed by atoms with Gasteiger partial charge in [0, 0.05) is 6.54 Å². The van der Waals surface area contributed by atoms with Crippen LogP contribution in [0.25, 0.3) is 0 Å². The van der Waals surface area contributed by atoms with Crippen molar-refractivity contribution >= 4 is 6.29 Å². The van der Waals surface area contributed by atoms with Gasteiger partial charge in [-0.15, -0.1) is 0 Å². The Balaban J connectivity index is 2.69. The largest absolute Gasteiger partial charge is 0.393 e. The molecule has 1 atom stereocenters. The number of β-amino-alcohol motifs (C(OH)–C–C–N with tert-alkyl or cyclic N) is 1. The summed E-state index contributed by atoms with van der Waals surface area (Å²) < 4.78 is 0. The molecule has 4 nitrogen and oxygen atoms in total. The fourth-order valence-electron chi connectivity index (χ4n) is 1.81. The van der Waals surface area contributed by atoms with Gasteiger partial charge in [-0.2, -0.15) is 0 Å². The van der Waals surface area contributed by atoms with Crippen molar-refractivity contribution in [2.45, 2.75) is 37.8 Å². The van der Waals surface area contributed by atoms with E-state index in [-0.39, 0.29) is 6.61 Å². The molecule has 0 radical (unpaired) electrons. The predicted octanol–water partition coefficient (Wildman–Crippen LogP) is -0.217. The van der Waals surface area contributed by atoms with Crippen LogP contribution < -0.4 is 0 Å². The summed E-state index contributed by atoms with van der Waals surface area (Å²) in [4.78, 5) is 12.8. The number of aliphatic hydroxyl groups excluding tert-OH is 1. The van der Waals surface area contributed by atoms with E-state index in [1.165, 1.54) is 0 Å². The first-order valence-corrected chi connectivity index (χ1v) is 4.98. The molecule has 1 rings (SSSR count). The van der Waals surface area contributed by atoms with Crippen molar-refractivity contribution in [3.63, 3.8) is 0 Å². The smallest absolute Gasteiger partial charge is 0.139 e. The molecule has 14 heavy (non-hydrogen) atoms. The lowest BCUT2D eigenvalue weighted by molar-refractivity contribution is -0.125. The second kappa shape index (κ2) is 3.96. The predicted molar refractivity (Wildman–Crippen MR) is 53.0 cm³/mol. The zero-order chi connectivity index (χ0) is 10.8. The van der Waals surface area contributed by atoms with Crippen LogP contribution in [0.1, 0.15) is 26.7 Å². The summed E-state index contributed by atoms with van der Waals surface area (Å²) in [5.74, 6) is 0. The van der Waals surface area contributed by atoms with E-state index in [0.29, 0.717) is 13.0 Å². The first kappa shape index (κ1) is 11.6. The Labute approximate surface area is 84.5 Å². The van der Waals surface area contributed by atoms with E-state index in [9.17, 15) is 9.90 Å². The van der Waals surface area contributed by atoms with E-state index < -0.39 is 11.1 Å². The summed E-state index contributed by atoms with van der Waals surface area (Å²) >= 11 is 0. The van der Waals surface area contributed by atoms with Gasteiger partial charge in [0.25, 0.3) is 0 Å². The average Bonchev–Trinajstić information content (AvgIpc) is 2.18. The maximum Gasteiger partial charge on any atom is 0.139 e. The molecule has 0 spiro atoms. The van der Waals surface area contributed by atoms with Gasteiger partial charge in [0.1, 0.15) is 11.9 Å². The number of nitrogens with zero attached hydrogens (tertiary/aromatic N) is 1. The van der Waals surface area contributed by atoms with Crippen LogP contribution in [-0.2, 0) is 4.79 Å². The van der Waals surface area contributed by atoms with Gasteiger partial charge in [0.05, 0.1) is 12.1 Å². The summed E-state index contributed by atoms with van der Waals surface area (Å²) in [6, 6.07) is 0. The first-order chi connectivity index (χ1) is 6.43. The number of rotatable bonds is 3. The molecular formula is C10H19NO3. The van der Waals surface area contributed by atoms with Gasteiger partial charge in [-0.25, -0.2) is 0 Å². The molecule has 1 unspecified atom stereocenters. The van der Waals surface area contributed by atoms with Crippen molar-refractivity contribution < 1.29 is 15.0 Å². The molecular weight excluding hydrogens is 182 g/mol. The maximum atomic E-state index is 10.8. The molecule has 0 aromatic rings. The molecule has 0 bridgehead atoms. The number of aldehydes is 1. The monoisotopic (exact) mass is 201 g/mol. The molecule has 1 saturated heterocycles. The fraction of sp³-hybridized carbons (Fsp3) is 0.900. The van der Waals surface area contributed by atoms with Gasteiger partial charge in [0.2, 0.25) is 0 Å². The number of carbonyl (C=O) groups is 1. The highest BCUT2D eigenvalue weighted by Crippen LogP contribution is 2.25. The first-order valence-electron chi connectivity index (χ1n) is 4.98. The standard InChI is InChI=1S/C10H19NO3/c1-9(2,7-12)11-5-3-4-10(14,6-11)8-13/h7,13-14H,3-6,8H2,1-2H3. The van der Waals surface area contributed by atoms with Gasteiger partial charge in [-0.3, -0.25) is 4.90 Å². The van der Waals surface area contributed by atoms with Crippen LogP contribution >= 0.6 is 0 Å². The molecule has 1 fully saturated rings. The van der Waals surface area contributed by atoms with E-state index in [1.807, 2.05) is 18.7 Å². The Morgan fingerprint density at radius 2 is 2.21 bits per heavy atom. The molecule has 0 amide bonds. The molecule has 1 aliphatic rings. The Morgan fingerprint density at radius 1 is 1.57 bits per heavy atom. The summed E-state index contributed by atoms with van der Waals surface area (Å²) in [7, 11) is 0.